The second-order valence-electron chi connectivity index (χ2n) is 10.2. The summed E-state index contributed by atoms with van der Waals surface area (Å²) in [5.74, 6) is 1.54. The van der Waals surface area contributed by atoms with E-state index >= 15 is 0 Å². The average Bonchev–Trinajstić information content (AvgIpc) is 3.45. The van der Waals surface area contributed by atoms with Crippen LogP contribution in [0.15, 0.2) is 30.7 Å². The second-order valence-corrected chi connectivity index (χ2v) is 10.2. The Morgan fingerprint density at radius 2 is 1.97 bits per heavy atom. The predicted molar refractivity (Wildman–Crippen MR) is 137 cm³/mol. The van der Waals surface area contributed by atoms with Gasteiger partial charge in [0.25, 0.3) is 5.91 Å². The van der Waals surface area contributed by atoms with E-state index in [4.69, 9.17) is 9.47 Å². The number of hydrogen-bond donors (Lipinski definition) is 2. The van der Waals surface area contributed by atoms with Gasteiger partial charge in [-0.25, -0.2) is 9.97 Å². The Hall–Kier alpha value is -3.24. The Balaban J connectivity index is 1.14. The average molecular weight is 492 g/mol. The van der Waals surface area contributed by atoms with Crippen molar-refractivity contribution in [1.29, 1.82) is 0 Å². The highest BCUT2D eigenvalue weighted by molar-refractivity contribution is 6.04. The molecule has 2 aromatic heterocycles. The first kappa shape index (κ1) is 23.2. The number of benzene rings is 1. The fourth-order valence-corrected chi connectivity index (χ4v) is 4.99. The zero-order valence-corrected chi connectivity index (χ0v) is 20.7. The number of carbonyl (C=O) groups is 1. The number of ether oxygens (including phenoxy) is 2. The van der Waals surface area contributed by atoms with Gasteiger partial charge in [0.2, 0.25) is 0 Å². The van der Waals surface area contributed by atoms with Crippen molar-refractivity contribution in [1.82, 2.24) is 25.1 Å². The van der Waals surface area contributed by atoms with Crippen LogP contribution in [-0.2, 0) is 11.8 Å². The van der Waals surface area contributed by atoms with E-state index < -0.39 is 0 Å². The fourth-order valence-electron chi connectivity index (χ4n) is 4.99. The number of nitrogens with one attached hydrogen (secondary N) is 2. The van der Waals surface area contributed by atoms with Crippen LogP contribution in [0.4, 0.5) is 11.5 Å². The van der Waals surface area contributed by atoms with E-state index in [0.29, 0.717) is 36.0 Å². The zero-order valence-electron chi connectivity index (χ0n) is 20.7. The Labute approximate surface area is 210 Å². The third kappa shape index (κ3) is 5.29. The molecule has 1 amide bonds. The summed E-state index contributed by atoms with van der Waals surface area (Å²) in [7, 11) is 1.88. The molecule has 36 heavy (non-hydrogen) atoms. The van der Waals surface area contributed by atoms with Crippen LogP contribution >= 0.6 is 0 Å². The Morgan fingerprint density at radius 1 is 1.11 bits per heavy atom. The minimum Gasteiger partial charge on any atom is -0.491 e. The van der Waals surface area contributed by atoms with Crippen molar-refractivity contribution >= 4 is 28.3 Å². The van der Waals surface area contributed by atoms with E-state index in [2.05, 4.69) is 30.6 Å². The predicted octanol–water partition coefficient (Wildman–Crippen LogP) is 2.75. The number of rotatable bonds is 8. The summed E-state index contributed by atoms with van der Waals surface area (Å²) < 4.78 is 13.4. The van der Waals surface area contributed by atoms with Crippen molar-refractivity contribution in [3.63, 3.8) is 0 Å². The normalized spacial score (nSPS) is 20.7. The summed E-state index contributed by atoms with van der Waals surface area (Å²) in [5, 5.41) is 12.1. The third-order valence-corrected chi connectivity index (χ3v) is 7.22. The molecule has 3 fully saturated rings. The molecule has 2 saturated heterocycles. The lowest BCUT2D eigenvalue weighted by molar-refractivity contribution is 0.0499. The number of hydrogen-bond acceptors (Lipinski definition) is 8. The minimum atomic E-state index is -0.317. The van der Waals surface area contributed by atoms with Crippen LogP contribution in [0, 0.1) is 5.92 Å². The molecule has 0 spiro atoms. The van der Waals surface area contributed by atoms with Gasteiger partial charge in [0.15, 0.2) is 0 Å². The molecular formula is C26H33N7O3. The van der Waals surface area contributed by atoms with Gasteiger partial charge >= 0.3 is 0 Å². The molecule has 0 radical (unpaired) electrons. The Kier molecular flexibility index (Phi) is 6.45. The first-order valence-corrected chi connectivity index (χ1v) is 12.9. The number of aromatic nitrogens is 4. The molecule has 1 aliphatic carbocycles. The molecule has 3 aliphatic rings. The maximum absolute atomic E-state index is 13.1. The van der Waals surface area contributed by atoms with Crippen LogP contribution < -0.4 is 20.3 Å². The third-order valence-electron chi connectivity index (χ3n) is 7.22. The first-order valence-electron chi connectivity index (χ1n) is 12.9. The van der Waals surface area contributed by atoms with Crippen molar-refractivity contribution in [2.24, 2.45) is 13.0 Å². The van der Waals surface area contributed by atoms with Crippen LogP contribution in [0.25, 0.3) is 10.9 Å². The van der Waals surface area contributed by atoms with Crippen LogP contribution in [0.5, 0.6) is 5.75 Å². The topological polar surface area (TPSA) is 106 Å². The maximum atomic E-state index is 13.1. The summed E-state index contributed by atoms with van der Waals surface area (Å²) in [4.78, 5) is 24.3. The van der Waals surface area contributed by atoms with Crippen LogP contribution in [0.2, 0.25) is 0 Å². The molecule has 2 aliphatic heterocycles. The van der Waals surface area contributed by atoms with E-state index in [0.717, 1.165) is 62.3 Å². The molecule has 1 saturated carbocycles. The molecule has 1 unspecified atom stereocenters. The highest BCUT2D eigenvalue weighted by atomic mass is 16.5. The molecule has 4 heterocycles. The van der Waals surface area contributed by atoms with Gasteiger partial charge in [0.1, 0.15) is 17.3 Å². The van der Waals surface area contributed by atoms with Crippen molar-refractivity contribution in [2.45, 2.75) is 44.2 Å². The highest BCUT2D eigenvalue weighted by Gasteiger charge is 2.30. The number of anilines is 2. The fraction of sp³-hybridized carbons (Fsp3) is 0.538. The minimum absolute atomic E-state index is 0.271. The summed E-state index contributed by atoms with van der Waals surface area (Å²) in [5.41, 5.74) is 1.70. The van der Waals surface area contributed by atoms with Gasteiger partial charge in [-0.1, -0.05) is 0 Å². The molecule has 3 aromatic rings. The largest absolute Gasteiger partial charge is 0.491 e. The molecular weight excluding hydrogens is 458 g/mol. The van der Waals surface area contributed by atoms with Gasteiger partial charge in [-0.05, 0) is 44.1 Å². The van der Waals surface area contributed by atoms with Crippen molar-refractivity contribution < 1.29 is 14.3 Å². The van der Waals surface area contributed by atoms with Gasteiger partial charge < -0.3 is 25.0 Å². The van der Waals surface area contributed by atoms with Crippen molar-refractivity contribution in [3.8, 4) is 5.75 Å². The van der Waals surface area contributed by atoms with Gasteiger partial charge in [-0.3, -0.25) is 9.48 Å². The summed E-state index contributed by atoms with van der Waals surface area (Å²) in [6.07, 6.45) is 10.8. The molecule has 1 atom stereocenters. The monoisotopic (exact) mass is 491 g/mol. The first-order chi connectivity index (χ1) is 17.6. The van der Waals surface area contributed by atoms with Gasteiger partial charge in [-0.15, -0.1) is 0 Å². The Bertz CT molecular complexity index is 1220. The van der Waals surface area contributed by atoms with Gasteiger partial charge in [-0.2, -0.15) is 5.10 Å². The Morgan fingerprint density at radius 3 is 2.75 bits per heavy atom. The molecule has 2 N–H and O–H groups in total. The lowest BCUT2D eigenvalue weighted by Gasteiger charge is -2.23. The van der Waals surface area contributed by atoms with E-state index in [1.807, 2.05) is 25.4 Å². The number of aryl methyl sites for hydroxylation is 1. The molecule has 1 aromatic carbocycles. The maximum Gasteiger partial charge on any atom is 0.275 e. The molecule has 10 nitrogen and oxygen atoms in total. The summed E-state index contributed by atoms with van der Waals surface area (Å²) >= 11 is 0. The number of carbonyl (C=O) groups excluding carboxylic acids is 1. The van der Waals surface area contributed by atoms with E-state index in [1.54, 1.807) is 17.1 Å². The zero-order chi connectivity index (χ0) is 24.5. The summed E-state index contributed by atoms with van der Waals surface area (Å²) in [6.45, 7) is 3.98. The van der Waals surface area contributed by atoms with Crippen molar-refractivity contribution in [2.75, 3.05) is 43.1 Å². The molecule has 190 valence electrons. The highest BCUT2D eigenvalue weighted by Crippen LogP contribution is 2.31. The second kappa shape index (κ2) is 10.0. The van der Waals surface area contributed by atoms with E-state index in [1.165, 1.54) is 12.8 Å². The molecule has 6 rings (SSSR count). The number of nitrogens with zero attached hydrogens (tertiary/aromatic N) is 5. The smallest absolute Gasteiger partial charge is 0.275 e. The molecule has 10 heteroatoms. The van der Waals surface area contributed by atoms with Gasteiger partial charge in [0.05, 0.1) is 30.2 Å². The van der Waals surface area contributed by atoms with E-state index in [-0.39, 0.29) is 11.6 Å². The SMILES string of the molecule is Cn1cc2cc(NC(=O)c3cnc(N4CCC(NC5CC5)C4)cn3)c(OCC3CCOCC3)cc2n1. The van der Waals surface area contributed by atoms with Gasteiger partial charge in [0, 0.05) is 63.1 Å². The van der Waals surface area contributed by atoms with Crippen molar-refractivity contribution in [3.05, 3.63) is 36.4 Å². The van der Waals surface area contributed by atoms with Crippen LogP contribution in [-0.4, -0.2) is 70.6 Å². The van der Waals surface area contributed by atoms with Crippen LogP contribution in [0.3, 0.4) is 0 Å². The van der Waals surface area contributed by atoms with E-state index in [9.17, 15) is 4.79 Å². The number of fused-ring (bicyclic) bond motifs is 1. The quantitative estimate of drug-likeness (QED) is 0.496. The standard InChI is InChI=1S/C26H33N7O3/c1-32-14-18-10-22(24(11-21(18)31-32)36-16-17-5-8-35-9-6-17)30-26(34)23-12-28-25(13-27-23)33-7-4-20(15-33)29-19-2-3-19/h10-14,17,19-20,29H,2-9,15-16H2,1H3,(H,30,34). The lowest BCUT2D eigenvalue weighted by Crippen LogP contribution is -2.34. The summed E-state index contributed by atoms with van der Waals surface area (Å²) in [6, 6.07) is 4.99. The lowest BCUT2D eigenvalue weighted by atomic mass is 10.0. The van der Waals surface area contributed by atoms with Crippen LogP contribution in [0.1, 0.15) is 42.6 Å². The molecule has 0 bridgehead atoms. The number of amides is 1.